The highest BCUT2D eigenvalue weighted by atomic mass is 16.6. The highest BCUT2D eigenvalue weighted by Crippen LogP contribution is 2.38. The summed E-state index contributed by atoms with van der Waals surface area (Å²) < 4.78 is 12.1. The van der Waals surface area contributed by atoms with E-state index in [0.717, 1.165) is 13.0 Å². The molecule has 0 fully saturated rings. The Bertz CT molecular complexity index is 712. The second kappa shape index (κ2) is 7.67. The normalized spacial score (nSPS) is 10.7. The number of methoxy groups -OCH3 is 2. The van der Waals surface area contributed by atoms with Crippen LogP contribution in [-0.2, 0) is 6.54 Å². The number of nitrogens with zero attached hydrogens (tertiary/aromatic N) is 3. The van der Waals surface area contributed by atoms with E-state index in [1.807, 2.05) is 10.9 Å². The molecule has 0 aliphatic carbocycles. The Morgan fingerprint density at radius 3 is 2.54 bits per heavy atom. The first-order chi connectivity index (χ1) is 11.4. The van der Waals surface area contributed by atoms with Gasteiger partial charge in [-0.15, -0.1) is 0 Å². The molecule has 2 rings (SSSR count). The molecule has 0 amide bonds. The molecule has 8 nitrogen and oxygen atoms in total. The zero-order chi connectivity index (χ0) is 17.7. The van der Waals surface area contributed by atoms with Gasteiger partial charge < -0.3 is 14.8 Å². The molecule has 24 heavy (non-hydrogen) atoms. The van der Waals surface area contributed by atoms with Crippen molar-refractivity contribution in [1.29, 1.82) is 0 Å². The maximum absolute atomic E-state index is 11.3. The number of benzene rings is 1. The zero-order valence-corrected chi connectivity index (χ0v) is 14.3. The molecular formula is C16H22N4O4. The van der Waals surface area contributed by atoms with E-state index in [1.165, 1.54) is 26.4 Å². The quantitative estimate of drug-likeness (QED) is 0.586. The van der Waals surface area contributed by atoms with Gasteiger partial charge in [-0.25, -0.2) is 0 Å². The third-order valence-corrected chi connectivity index (χ3v) is 3.54. The van der Waals surface area contributed by atoms with Gasteiger partial charge in [-0.2, -0.15) is 5.10 Å². The summed E-state index contributed by atoms with van der Waals surface area (Å²) in [5, 5.41) is 18.7. The maximum Gasteiger partial charge on any atom is 0.296 e. The molecule has 0 bridgehead atoms. The summed E-state index contributed by atoms with van der Waals surface area (Å²) in [5.74, 6) is 1.83. The second-order valence-electron chi connectivity index (χ2n) is 5.75. The molecule has 0 radical (unpaired) electrons. The molecule has 130 valence electrons. The van der Waals surface area contributed by atoms with Gasteiger partial charge in [-0.3, -0.25) is 14.8 Å². The van der Waals surface area contributed by atoms with E-state index in [-0.39, 0.29) is 5.69 Å². The zero-order valence-electron chi connectivity index (χ0n) is 14.3. The van der Waals surface area contributed by atoms with Crippen LogP contribution in [0.3, 0.4) is 0 Å². The summed E-state index contributed by atoms with van der Waals surface area (Å²) in [5.41, 5.74) is 0.191. The van der Waals surface area contributed by atoms with Crippen molar-refractivity contribution < 1.29 is 14.4 Å². The predicted octanol–water partition coefficient (Wildman–Crippen LogP) is 3.60. The van der Waals surface area contributed by atoms with Gasteiger partial charge in [0, 0.05) is 24.9 Å². The van der Waals surface area contributed by atoms with Gasteiger partial charge in [0.15, 0.2) is 17.3 Å². The van der Waals surface area contributed by atoms with Crippen molar-refractivity contribution in [1.82, 2.24) is 9.78 Å². The lowest BCUT2D eigenvalue weighted by atomic mass is 10.1. The predicted molar refractivity (Wildman–Crippen MR) is 91.2 cm³/mol. The van der Waals surface area contributed by atoms with Crippen LogP contribution in [0.5, 0.6) is 11.5 Å². The van der Waals surface area contributed by atoms with Crippen LogP contribution in [0.25, 0.3) is 0 Å². The van der Waals surface area contributed by atoms with Crippen LogP contribution in [0.15, 0.2) is 24.4 Å². The Hall–Kier alpha value is -2.77. The van der Waals surface area contributed by atoms with Crippen LogP contribution >= 0.6 is 0 Å². The minimum absolute atomic E-state index is 0.107. The third-order valence-electron chi connectivity index (χ3n) is 3.54. The van der Waals surface area contributed by atoms with E-state index in [9.17, 15) is 10.1 Å². The molecule has 1 aromatic heterocycles. The number of hydrogen-bond acceptors (Lipinski definition) is 6. The number of aromatic nitrogens is 2. The Morgan fingerprint density at radius 2 is 1.96 bits per heavy atom. The fourth-order valence-corrected chi connectivity index (χ4v) is 2.20. The highest BCUT2D eigenvalue weighted by molar-refractivity contribution is 5.72. The van der Waals surface area contributed by atoms with E-state index in [4.69, 9.17) is 9.47 Å². The standard InChI is InChI=1S/C16H22N4O4/c1-11(2)5-7-19-8-6-16(18-19)17-12-9-14(23-3)15(24-4)10-13(12)20(21)22/h6,8-11H,5,7H2,1-4H3,(H,17,18). The lowest BCUT2D eigenvalue weighted by molar-refractivity contribution is -0.384. The molecule has 0 aliphatic heterocycles. The lowest BCUT2D eigenvalue weighted by Crippen LogP contribution is -2.04. The van der Waals surface area contributed by atoms with Crippen LogP contribution in [0.4, 0.5) is 17.2 Å². The summed E-state index contributed by atoms with van der Waals surface area (Å²) in [7, 11) is 2.92. The van der Waals surface area contributed by atoms with Gasteiger partial charge in [0.05, 0.1) is 25.2 Å². The van der Waals surface area contributed by atoms with Crippen molar-refractivity contribution in [3.8, 4) is 11.5 Å². The Labute approximate surface area is 140 Å². The number of anilines is 2. The fraction of sp³-hybridized carbons (Fsp3) is 0.438. The van der Waals surface area contributed by atoms with Crippen molar-refractivity contribution in [2.45, 2.75) is 26.8 Å². The molecule has 0 saturated carbocycles. The van der Waals surface area contributed by atoms with Crippen LogP contribution in [0.2, 0.25) is 0 Å². The number of aryl methyl sites for hydroxylation is 1. The lowest BCUT2D eigenvalue weighted by Gasteiger charge is -2.11. The number of rotatable bonds is 8. The second-order valence-corrected chi connectivity index (χ2v) is 5.75. The molecule has 1 aromatic carbocycles. The van der Waals surface area contributed by atoms with Crippen LogP contribution < -0.4 is 14.8 Å². The largest absolute Gasteiger partial charge is 0.493 e. The number of hydrogen-bond donors (Lipinski definition) is 1. The van der Waals surface area contributed by atoms with E-state index in [1.54, 1.807) is 6.07 Å². The summed E-state index contributed by atoms with van der Waals surface area (Å²) >= 11 is 0. The molecule has 0 saturated heterocycles. The number of nitrogens with one attached hydrogen (secondary N) is 1. The Balaban J connectivity index is 2.26. The minimum atomic E-state index is -0.472. The van der Waals surface area contributed by atoms with Crippen LogP contribution in [-0.4, -0.2) is 28.9 Å². The molecule has 0 spiro atoms. The first kappa shape index (κ1) is 17.6. The first-order valence-electron chi connectivity index (χ1n) is 7.65. The average Bonchev–Trinajstić information content (AvgIpc) is 2.99. The third kappa shape index (κ3) is 4.15. The van der Waals surface area contributed by atoms with Crippen LogP contribution in [0.1, 0.15) is 20.3 Å². The summed E-state index contributed by atoms with van der Waals surface area (Å²) in [6, 6.07) is 4.64. The van der Waals surface area contributed by atoms with Crippen molar-refractivity contribution in [2.75, 3.05) is 19.5 Å². The van der Waals surface area contributed by atoms with Gasteiger partial charge in [0.25, 0.3) is 5.69 Å². The Kier molecular flexibility index (Phi) is 5.62. The molecule has 1 N–H and O–H groups in total. The highest BCUT2D eigenvalue weighted by Gasteiger charge is 2.20. The molecular weight excluding hydrogens is 312 g/mol. The van der Waals surface area contributed by atoms with Crippen molar-refractivity contribution in [3.05, 3.63) is 34.5 Å². The molecule has 8 heteroatoms. The van der Waals surface area contributed by atoms with Gasteiger partial charge in [0.1, 0.15) is 5.69 Å². The number of nitro benzene ring substituents is 1. The van der Waals surface area contributed by atoms with E-state index in [0.29, 0.717) is 28.9 Å². The molecule has 2 aromatic rings. The number of ether oxygens (including phenoxy) is 2. The van der Waals surface area contributed by atoms with Gasteiger partial charge >= 0.3 is 0 Å². The Morgan fingerprint density at radius 1 is 1.29 bits per heavy atom. The minimum Gasteiger partial charge on any atom is -0.493 e. The van der Waals surface area contributed by atoms with Crippen molar-refractivity contribution in [2.24, 2.45) is 5.92 Å². The summed E-state index contributed by atoms with van der Waals surface area (Å²) in [4.78, 5) is 10.8. The van der Waals surface area contributed by atoms with Crippen molar-refractivity contribution in [3.63, 3.8) is 0 Å². The first-order valence-corrected chi connectivity index (χ1v) is 7.65. The maximum atomic E-state index is 11.3. The van der Waals surface area contributed by atoms with Gasteiger partial charge in [-0.05, 0) is 12.3 Å². The molecule has 1 heterocycles. The molecule has 0 unspecified atom stereocenters. The average molecular weight is 334 g/mol. The topological polar surface area (TPSA) is 91.5 Å². The van der Waals surface area contributed by atoms with Gasteiger partial charge in [-0.1, -0.05) is 13.8 Å². The monoisotopic (exact) mass is 334 g/mol. The summed E-state index contributed by atoms with van der Waals surface area (Å²) in [6.45, 7) is 5.10. The van der Waals surface area contributed by atoms with E-state index < -0.39 is 4.92 Å². The molecule has 0 atom stereocenters. The fourth-order valence-electron chi connectivity index (χ4n) is 2.20. The summed E-state index contributed by atoms with van der Waals surface area (Å²) in [6.07, 6.45) is 2.86. The van der Waals surface area contributed by atoms with Gasteiger partial charge in [0.2, 0.25) is 0 Å². The number of nitro groups is 1. The van der Waals surface area contributed by atoms with Crippen LogP contribution in [0, 0.1) is 16.0 Å². The van der Waals surface area contributed by atoms with Crippen molar-refractivity contribution >= 4 is 17.2 Å². The van der Waals surface area contributed by atoms with E-state index >= 15 is 0 Å². The SMILES string of the molecule is COc1cc(Nc2ccn(CCC(C)C)n2)c([N+](=O)[O-])cc1OC. The van der Waals surface area contributed by atoms with E-state index in [2.05, 4.69) is 24.3 Å². The smallest absolute Gasteiger partial charge is 0.296 e. The molecule has 0 aliphatic rings.